The van der Waals surface area contributed by atoms with Gasteiger partial charge < -0.3 is 14.7 Å². The highest BCUT2D eigenvalue weighted by Crippen LogP contribution is 2.14. The standard InChI is InChI=1S/C17H28N2O2/c1-18(2)16-9-6-10-19(11-16)12-17(20)14-21-13-15-7-4-3-5-8-15/h3-5,7-8,16-17,20H,6,9-14H2,1-2H3. The second-order valence-electron chi connectivity index (χ2n) is 6.17. The molecule has 118 valence electrons. The van der Waals surface area contributed by atoms with Gasteiger partial charge in [0.15, 0.2) is 0 Å². The molecule has 1 aliphatic heterocycles. The largest absolute Gasteiger partial charge is 0.389 e. The molecular weight excluding hydrogens is 264 g/mol. The quantitative estimate of drug-likeness (QED) is 0.828. The number of benzene rings is 1. The van der Waals surface area contributed by atoms with E-state index in [2.05, 4.69) is 23.9 Å². The van der Waals surface area contributed by atoms with Crippen molar-refractivity contribution in [1.82, 2.24) is 9.80 Å². The molecule has 0 radical (unpaired) electrons. The lowest BCUT2D eigenvalue weighted by atomic mass is 10.0. The second kappa shape index (κ2) is 8.49. The van der Waals surface area contributed by atoms with Gasteiger partial charge in [0, 0.05) is 19.1 Å². The molecule has 2 rings (SSSR count). The zero-order valence-electron chi connectivity index (χ0n) is 13.2. The minimum atomic E-state index is -0.408. The van der Waals surface area contributed by atoms with Gasteiger partial charge >= 0.3 is 0 Å². The van der Waals surface area contributed by atoms with Crippen molar-refractivity contribution in [3.05, 3.63) is 35.9 Å². The van der Waals surface area contributed by atoms with Gasteiger partial charge in [0.2, 0.25) is 0 Å². The van der Waals surface area contributed by atoms with Crippen LogP contribution in [0.2, 0.25) is 0 Å². The predicted molar refractivity (Wildman–Crippen MR) is 85.3 cm³/mol. The first kappa shape index (κ1) is 16.4. The third-order valence-corrected chi connectivity index (χ3v) is 4.10. The third kappa shape index (κ3) is 5.75. The smallest absolute Gasteiger partial charge is 0.0900 e. The lowest BCUT2D eigenvalue weighted by Gasteiger charge is -2.36. The van der Waals surface area contributed by atoms with Crippen LogP contribution in [-0.4, -0.2) is 67.4 Å². The van der Waals surface area contributed by atoms with Gasteiger partial charge in [-0.05, 0) is 39.0 Å². The van der Waals surface area contributed by atoms with Gasteiger partial charge in [-0.1, -0.05) is 30.3 Å². The minimum Gasteiger partial charge on any atom is -0.389 e. The van der Waals surface area contributed by atoms with Crippen molar-refractivity contribution in [1.29, 1.82) is 0 Å². The fourth-order valence-corrected chi connectivity index (χ4v) is 2.86. The molecular formula is C17H28N2O2. The molecule has 4 nitrogen and oxygen atoms in total. The van der Waals surface area contributed by atoms with Crippen molar-refractivity contribution in [3.8, 4) is 0 Å². The van der Waals surface area contributed by atoms with Gasteiger partial charge in [-0.3, -0.25) is 4.90 Å². The second-order valence-corrected chi connectivity index (χ2v) is 6.17. The highest BCUT2D eigenvalue weighted by Gasteiger charge is 2.22. The van der Waals surface area contributed by atoms with Crippen LogP contribution < -0.4 is 0 Å². The van der Waals surface area contributed by atoms with Crippen LogP contribution >= 0.6 is 0 Å². The maximum absolute atomic E-state index is 10.1. The average molecular weight is 292 g/mol. The SMILES string of the molecule is CN(C)C1CCCN(CC(O)COCc2ccccc2)C1. The molecule has 0 aromatic heterocycles. The number of nitrogens with zero attached hydrogens (tertiary/aromatic N) is 2. The van der Waals surface area contributed by atoms with Gasteiger partial charge in [0.25, 0.3) is 0 Å². The van der Waals surface area contributed by atoms with Crippen LogP contribution in [0, 0.1) is 0 Å². The number of rotatable bonds is 7. The molecule has 1 saturated heterocycles. The molecule has 1 aromatic carbocycles. The van der Waals surface area contributed by atoms with Gasteiger partial charge in [-0.2, -0.15) is 0 Å². The minimum absolute atomic E-state index is 0.401. The number of ether oxygens (including phenoxy) is 1. The number of aliphatic hydroxyl groups excluding tert-OH is 1. The summed E-state index contributed by atoms with van der Waals surface area (Å²) in [5, 5.41) is 10.1. The van der Waals surface area contributed by atoms with Crippen LogP contribution in [0.5, 0.6) is 0 Å². The van der Waals surface area contributed by atoms with Crippen LogP contribution in [0.4, 0.5) is 0 Å². The summed E-state index contributed by atoms with van der Waals surface area (Å²) in [5.74, 6) is 0. The van der Waals surface area contributed by atoms with E-state index < -0.39 is 6.10 Å². The van der Waals surface area contributed by atoms with E-state index in [9.17, 15) is 5.11 Å². The monoisotopic (exact) mass is 292 g/mol. The Labute approximate surface area is 128 Å². The van der Waals surface area contributed by atoms with Crippen molar-refractivity contribution < 1.29 is 9.84 Å². The first-order valence-electron chi connectivity index (χ1n) is 7.83. The van der Waals surface area contributed by atoms with E-state index in [1.54, 1.807) is 0 Å². The molecule has 0 amide bonds. The lowest BCUT2D eigenvalue weighted by molar-refractivity contribution is 0.00103. The topological polar surface area (TPSA) is 35.9 Å². The van der Waals surface area contributed by atoms with Crippen LogP contribution in [-0.2, 0) is 11.3 Å². The van der Waals surface area contributed by atoms with Crippen LogP contribution in [0.1, 0.15) is 18.4 Å². The van der Waals surface area contributed by atoms with E-state index in [1.165, 1.54) is 12.8 Å². The fraction of sp³-hybridized carbons (Fsp3) is 0.647. The summed E-state index contributed by atoms with van der Waals surface area (Å²) in [4.78, 5) is 4.63. The maximum atomic E-state index is 10.1. The first-order valence-corrected chi connectivity index (χ1v) is 7.83. The molecule has 1 fully saturated rings. The average Bonchev–Trinajstić information content (AvgIpc) is 2.48. The Bertz CT molecular complexity index is 397. The number of likely N-dealkylation sites (N-methyl/N-ethyl adjacent to an activating group) is 1. The van der Waals surface area contributed by atoms with E-state index in [1.807, 2.05) is 30.3 Å². The Balaban J connectivity index is 1.66. The summed E-state index contributed by atoms with van der Waals surface area (Å²) in [7, 11) is 4.27. The van der Waals surface area contributed by atoms with E-state index in [0.29, 0.717) is 25.8 Å². The van der Waals surface area contributed by atoms with Gasteiger partial charge in [-0.15, -0.1) is 0 Å². The van der Waals surface area contributed by atoms with E-state index in [4.69, 9.17) is 4.74 Å². The summed E-state index contributed by atoms with van der Waals surface area (Å²) >= 11 is 0. The molecule has 0 spiro atoms. The number of likely N-dealkylation sites (tertiary alicyclic amines) is 1. The van der Waals surface area contributed by atoms with E-state index in [-0.39, 0.29) is 0 Å². The number of hydrogen-bond donors (Lipinski definition) is 1. The molecule has 0 aliphatic carbocycles. The van der Waals surface area contributed by atoms with E-state index in [0.717, 1.165) is 18.7 Å². The molecule has 1 aromatic rings. The molecule has 0 bridgehead atoms. The molecule has 1 aliphatic rings. The highest BCUT2D eigenvalue weighted by atomic mass is 16.5. The fourth-order valence-electron chi connectivity index (χ4n) is 2.86. The Morgan fingerprint density at radius 2 is 2.10 bits per heavy atom. The molecule has 21 heavy (non-hydrogen) atoms. The lowest BCUT2D eigenvalue weighted by Crippen LogP contribution is -2.47. The van der Waals surface area contributed by atoms with Crippen molar-refractivity contribution in [3.63, 3.8) is 0 Å². The van der Waals surface area contributed by atoms with Crippen LogP contribution in [0.3, 0.4) is 0 Å². The molecule has 1 heterocycles. The number of aliphatic hydroxyl groups is 1. The van der Waals surface area contributed by atoms with Crippen molar-refractivity contribution in [2.24, 2.45) is 0 Å². The summed E-state index contributed by atoms with van der Waals surface area (Å²) in [6.07, 6.45) is 2.06. The molecule has 2 atom stereocenters. The van der Waals surface area contributed by atoms with Crippen molar-refractivity contribution in [2.75, 3.05) is 40.3 Å². The van der Waals surface area contributed by atoms with Gasteiger partial charge in [0.1, 0.15) is 0 Å². The zero-order chi connectivity index (χ0) is 15.1. The maximum Gasteiger partial charge on any atom is 0.0900 e. The van der Waals surface area contributed by atoms with Crippen LogP contribution in [0.15, 0.2) is 30.3 Å². The Kier molecular flexibility index (Phi) is 6.64. The summed E-state index contributed by atoms with van der Waals surface area (Å²) in [6.45, 7) is 3.80. The Hall–Kier alpha value is -0.940. The van der Waals surface area contributed by atoms with Crippen molar-refractivity contribution >= 4 is 0 Å². The van der Waals surface area contributed by atoms with Gasteiger partial charge in [-0.25, -0.2) is 0 Å². The predicted octanol–water partition coefficient (Wildman–Crippen LogP) is 1.59. The molecule has 0 saturated carbocycles. The van der Waals surface area contributed by atoms with Gasteiger partial charge in [0.05, 0.1) is 19.3 Å². The highest BCUT2D eigenvalue weighted by molar-refractivity contribution is 5.13. The number of β-amino-alcohol motifs (C(OH)–C–C–N with tert-alkyl or cyclic N) is 1. The van der Waals surface area contributed by atoms with Crippen LogP contribution in [0.25, 0.3) is 0 Å². The normalized spacial score (nSPS) is 21.6. The summed E-state index contributed by atoms with van der Waals surface area (Å²) in [6, 6.07) is 10.7. The molecule has 2 unspecified atom stereocenters. The summed E-state index contributed by atoms with van der Waals surface area (Å²) < 4.78 is 5.61. The molecule has 1 N–H and O–H groups in total. The molecule has 4 heteroatoms. The third-order valence-electron chi connectivity index (χ3n) is 4.10. The van der Waals surface area contributed by atoms with Crippen molar-refractivity contribution in [2.45, 2.75) is 31.6 Å². The Morgan fingerprint density at radius 3 is 2.81 bits per heavy atom. The number of hydrogen-bond acceptors (Lipinski definition) is 4. The zero-order valence-corrected chi connectivity index (χ0v) is 13.2. The first-order chi connectivity index (χ1) is 10.1. The number of piperidine rings is 1. The summed E-state index contributed by atoms with van der Waals surface area (Å²) in [5.41, 5.74) is 1.15. The Morgan fingerprint density at radius 1 is 1.33 bits per heavy atom. The van der Waals surface area contributed by atoms with E-state index >= 15 is 0 Å².